The molecule has 1 aliphatic carbocycles. The Morgan fingerprint density at radius 3 is 2.43 bits per heavy atom. The largest absolute Gasteiger partial charge is 0.457 e. The third-order valence-electron chi connectivity index (χ3n) is 6.55. The molecule has 8 heteroatoms. The first-order chi connectivity index (χ1) is 18.0. The van der Waals surface area contributed by atoms with Crippen LogP contribution in [0.1, 0.15) is 49.8 Å². The van der Waals surface area contributed by atoms with E-state index in [0.29, 0.717) is 18.0 Å². The maximum atomic E-state index is 13.9. The van der Waals surface area contributed by atoms with Gasteiger partial charge in [0.25, 0.3) is 0 Å². The second kappa shape index (κ2) is 13.2. The molecule has 2 aromatic carbocycles. The van der Waals surface area contributed by atoms with Crippen LogP contribution in [0.2, 0.25) is 0 Å². The topological polar surface area (TPSA) is 54.5 Å². The van der Waals surface area contributed by atoms with Gasteiger partial charge in [-0.05, 0) is 80.3 Å². The van der Waals surface area contributed by atoms with Gasteiger partial charge in [-0.1, -0.05) is 37.8 Å². The zero-order valence-electron chi connectivity index (χ0n) is 21.6. The van der Waals surface area contributed by atoms with Gasteiger partial charge >= 0.3 is 6.03 Å². The lowest BCUT2D eigenvalue weighted by Crippen LogP contribution is -2.42. The summed E-state index contributed by atoms with van der Waals surface area (Å²) in [5, 5.41) is 4.05. The van der Waals surface area contributed by atoms with Crippen LogP contribution in [-0.4, -0.2) is 34.5 Å². The average molecular weight is 540 g/mol. The number of anilines is 1. The number of thioether (sulfide) groups is 2. The minimum atomic E-state index is -0.302. The molecule has 2 amide bonds. The number of urea groups is 1. The Hall–Kier alpha value is -2.71. The molecule has 0 bridgehead atoms. The first-order valence-electron chi connectivity index (χ1n) is 12.7. The Balaban J connectivity index is 1.59. The van der Waals surface area contributed by atoms with Crippen molar-refractivity contribution in [3.05, 3.63) is 71.7 Å². The predicted octanol–water partition coefficient (Wildman–Crippen LogP) is 8.52. The molecule has 1 aromatic heterocycles. The van der Waals surface area contributed by atoms with Crippen molar-refractivity contribution in [3.8, 4) is 11.5 Å². The van der Waals surface area contributed by atoms with E-state index in [-0.39, 0.29) is 17.9 Å². The van der Waals surface area contributed by atoms with Gasteiger partial charge < -0.3 is 15.0 Å². The van der Waals surface area contributed by atoms with Crippen LogP contribution in [0.4, 0.5) is 14.9 Å². The molecule has 0 aliphatic heterocycles. The minimum absolute atomic E-state index is 0.104. The second-order valence-corrected chi connectivity index (χ2v) is 10.9. The van der Waals surface area contributed by atoms with Gasteiger partial charge in [-0.15, -0.1) is 23.5 Å². The molecule has 5 nitrogen and oxygen atoms in total. The molecule has 1 aliphatic rings. The first-order valence-corrected chi connectivity index (χ1v) is 15.1. The Morgan fingerprint density at radius 1 is 1.03 bits per heavy atom. The lowest BCUT2D eigenvalue weighted by atomic mass is 10.1. The normalized spacial score (nSPS) is 14.2. The van der Waals surface area contributed by atoms with Crippen molar-refractivity contribution in [1.29, 1.82) is 0 Å². The van der Waals surface area contributed by atoms with Gasteiger partial charge in [-0.2, -0.15) is 0 Å². The summed E-state index contributed by atoms with van der Waals surface area (Å²) in [4.78, 5) is 21.5. The molecule has 37 heavy (non-hydrogen) atoms. The SMILES string of the molecule is CSc1cc(C)nc(SC)c1NC(=O)N(Cc1cccc(Oc2ccc(F)cc2)c1)C1CCCCCC1. The molecular weight excluding hydrogens is 505 g/mol. The summed E-state index contributed by atoms with van der Waals surface area (Å²) in [7, 11) is 0. The van der Waals surface area contributed by atoms with Gasteiger partial charge in [-0.3, -0.25) is 0 Å². The number of hydrogen-bond acceptors (Lipinski definition) is 5. The number of ether oxygens (including phenoxy) is 1. The van der Waals surface area contributed by atoms with Gasteiger partial charge in [0, 0.05) is 23.2 Å². The number of hydrogen-bond donors (Lipinski definition) is 1. The van der Waals surface area contributed by atoms with Crippen molar-refractivity contribution < 1.29 is 13.9 Å². The summed E-state index contributed by atoms with van der Waals surface area (Å²) in [5.41, 5.74) is 2.70. The molecule has 4 rings (SSSR count). The number of carbonyl (C=O) groups excluding carboxylic acids is 1. The van der Waals surface area contributed by atoms with Crippen molar-refractivity contribution >= 4 is 35.2 Å². The van der Waals surface area contributed by atoms with Gasteiger partial charge in [0.05, 0.1) is 5.69 Å². The van der Waals surface area contributed by atoms with Crippen molar-refractivity contribution in [2.45, 2.75) is 68.0 Å². The molecule has 1 heterocycles. The molecule has 0 spiro atoms. The predicted molar refractivity (Wildman–Crippen MR) is 152 cm³/mol. The smallest absolute Gasteiger partial charge is 0.322 e. The molecular formula is C29H34FN3O2S2. The van der Waals surface area contributed by atoms with Crippen LogP contribution in [0.15, 0.2) is 64.5 Å². The van der Waals surface area contributed by atoms with E-state index >= 15 is 0 Å². The molecule has 1 N–H and O–H groups in total. The van der Waals surface area contributed by atoms with Crippen LogP contribution in [0, 0.1) is 12.7 Å². The minimum Gasteiger partial charge on any atom is -0.457 e. The number of carbonyl (C=O) groups is 1. The monoisotopic (exact) mass is 539 g/mol. The average Bonchev–Trinajstić information content (AvgIpc) is 3.19. The van der Waals surface area contributed by atoms with Crippen LogP contribution >= 0.6 is 23.5 Å². The number of benzene rings is 2. The number of nitrogens with one attached hydrogen (secondary N) is 1. The maximum Gasteiger partial charge on any atom is 0.322 e. The van der Waals surface area contributed by atoms with E-state index in [4.69, 9.17) is 4.74 Å². The number of aryl methyl sites for hydroxylation is 1. The fourth-order valence-electron chi connectivity index (χ4n) is 4.70. The van der Waals surface area contributed by atoms with Crippen LogP contribution in [0.3, 0.4) is 0 Å². The summed E-state index contributed by atoms with van der Waals surface area (Å²) in [6, 6.07) is 15.8. The van der Waals surface area contributed by atoms with E-state index in [1.54, 1.807) is 35.7 Å². The fourth-order valence-corrected chi connectivity index (χ4v) is 6.00. The zero-order chi connectivity index (χ0) is 26.2. The van der Waals surface area contributed by atoms with Crippen LogP contribution < -0.4 is 10.1 Å². The Kier molecular flexibility index (Phi) is 9.75. The highest BCUT2D eigenvalue weighted by molar-refractivity contribution is 7.99. The maximum absolute atomic E-state index is 13.9. The van der Waals surface area contributed by atoms with Crippen molar-refractivity contribution in [1.82, 2.24) is 9.88 Å². The highest BCUT2D eigenvalue weighted by atomic mass is 32.2. The van der Waals surface area contributed by atoms with Gasteiger partial charge in [0.2, 0.25) is 0 Å². The Morgan fingerprint density at radius 2 is 1.76 bits per heavy atom. The van der Waals surface area contributed by atoms with E-state index in [1.807, 2.05) is 54.7 Å². The fraction of sp³-hybridized carbons (Fsp3) is 0.379. The third-order valence-corrected chi connectivity index (χ3v) is 7.99. The standard InChI is InChI=1S/C29H34FN3O2S2/c1-20-17-26(36-2)27(28(31-20)37-3)32-29(34)33(23-10-6-4-5-7-11-23)19-21-9-8-12-25(18-21)35-24-15-13-22(30)14-16-24/h8-9,12-18,23H,4-7,10-11,19H2,1-3H3,(H,32,34). The lowest BCUT2D eigenvalue weighted by molar-refractivity contribution is 0.175. The number of rotatable bonds is 8. The number of nitrogens with zero attached hydrogens (tertiary/aromatic N) is 2. The summed E-state index contributed by atoms with van der Waals surface area (Å²) in [5.74, 6) is 0.921. The molecule has 0 saturated heterocycles. The summed E-state index contributed by atoms with van der Waals surface area (Å²) >= 11 is 3.15. The first kappa shape index (κ1) is 27.3. The zero-order valence-corrected chi connectivity index (χ0v) is 23.3. The van der Waals surface area contributed by atoms with Crippen LogP contribution in [-0.2, 0) is 6.54 Å². The van der Waals surface area contributed by atoms with Gasteiger partial charge in [0.1, 0.15) is 22.3 Å². The third kappa shape index (κ3) is 7.42. The summed E-state index contributed by atoms with van der Waals surface area (Å²) < 4.78 is 19.2. The quantitative estimate of drug-likeness (QED) is 0.230. The number of amides is 2. The Labute approximate surface area is 227 Å². The molecule has 0 radical (unpaired) electrons. The molecule has 0 unspecified atom stereocenters. The second-order valence-electron chi connectivity index (χ2n) is 9.26. The summed E-state index contributed by atoms with van der Waals surface area (Å²) in [6.45, 7) is 2.45. The highest BCUT2D eigenvalue weighted by Gasteiger charge is 2.26. The Bertz CT molecular complexity index is 1170. The number of halogens is 1. The molecule has 1 fully saturated rings. The number of pyridine rings is 1. The highest BCUT2D eigenvalue weighted by Crippen LogP contribution is 2.35. The van der Waals surface area contributed by atoms with Crippen molar-refractivity contribution in [2.75, 3.05) is 17.8 Å². The molecule has 196 valence electrons. The van der Waals surface area contributed by atoms with E-state index in [9.17, 15) is 9.18 Å². The molecule has 3 aromatic rings. The van der Waals surface area contributed by atoms with Crippen LogP contribution in [0.25, 0.3) is 0 Å². The molecule has 1 saturated carbocycles. The number of aromatic nitrogens is 1. The van der Waals surface area contributed by atoms with Crippen LogP contribution in [0.5, 0.6) is 11.5 Å². The van der Waals surface area contributed by atoms with E-state index < -0.39 is 0 Å². The van der Waals surface area contributed by atoms with Crippen molar-refractivity contribution in [3.63, 3.8) is 0 Å². The van der Waals surface area contributed by atoms with Crippen molar-refractivity contribution in [2.24, 2.45) is 0 Å². The summed E-state index contributed by atoms with van der Waals surface area (Å²) in [6.07, 6.45) is 10.7. The molecule has 0 atom stereocenters. The van der Waals surface area contributed by atoms with Gasteiger partial charge in [0.15, 0.2) is 0 Å². The van der Waals surface area contributed by atoms with E-state index in [0.717, 1.165) is 52.5 Å². The van der Waals surface area contributed by atoms with Gasteiger partial charge in [-0.25, -0.2) is 14.2 Å². The lowest BCUT2D eigenvalue weighted by Gasteiger charge is -2.32. The van der Waals surface area contributed by atoms with E-state index in [2.05, 4.69) is 10.3 Å². The van der Waals surface area contributed by atoms with E-state index in [1.165, 1.54) is 25.0 Å².